The van der Waals surface area contributed by atoms with Crippen LogP contribution in [0.3, 0.4) is 0 Å². The highest BCUT2D eigenvalue weighted by atomic mass is 35.5. The van der Waals surface area contributed by atoms with Crippen molar-refractivity contribution in [2.75, 3.05) is 0 Å². The standard InChI is InChI=1S/C14H14FN.ClH/c1-10-11(9-16)5-4-7-12(10)13-6-2-3-8-14(13)15;/h2-8H,9,16H2,1H3;1H. The molecule has 0 fully saturated rings. The molecule has 17 heavy (non-hydrogen) atoms. The minimum Gasteiger partial charge on any atom is -0.326 e. The van der Waals surface area contributed by atoms with Crippen molar-refractivity contribution < 1.29 is 4.39 Å². The van der Waals surface area contributed by atoms with Crippen molar-refractivity contribution in [1.29, 1.82) is 0 Å². The summed E-state index contributed by atoms with van der Waals surface area (Å²) < 4.78 is 13.7. The molecule has 0 aliphatic rings. The van der Waals surface area contributed by atoms with Crippen molar-refractivity contribution in [3.63, 3.8) is 0 Å². The largest absolute Gasteiger partial charge is 0.326 e. The molecule has 2 rings (SSSR count). The summed E-state index contributed by atoms with van der Waals surface area (Å²) in [6.07, 6.45) is 0. The van der Waals surface area contributed by atoms with Crippen molar-refractivity contribution in [3.8, 4) is 11.1 Å². The molecular weight excluding hydrogens is 237 g/mol. The van der Waals surface area contributed by atoms with Crippen molar-refractivity contribution in [3.05, 3.63) is 59.4 Å². The van der Waals surface area contributed by atoms with Crippen LogP contribution in [0.1, 0.15) is 11.1 Å². The summed E-state index contributed by atoms with van der Waals surface area (Å²) in [5.74, 6) is -0.195. The van der Waals surface area contributed by atoms with E-state index < -0.39 is 0 Å². The molecular formula is C14H15ClFN. The van der Waals surface area contributed by atoms with Gasteiger partial charge in [0.05, 0.1) is 0 Å². The van der Waals surface area contributed by atoms with Gasteiger partial charge in [0.1, 0.15) is 5.82 Å². The van der Waals surface area contributed by atoms with E-state index in [4.69, 9.17) is 5.73 Å². The highest BCUT2D eigenvalue weighted by Crippen LogP contribution is 2.27. The van der Waals surface area contributed by atoms with Gasteiger partial charge in [0.25, 0.3) is 0 Å². The maximum atomic E-state index is 13.7. The lowest BCUT2D eigenvalue weighted by Gasteiger charge is -2.10. The van der Waals surface area contributed by atoms with Gasteiger partial charge in [-0.2, -0.15) is 0 Å². The fourth-order valence-corrected chi connectivity index (χ4v) is 1.88. The number of halogens is 2. The van der Waals surface area contributed by atoms with Gasteiger partial charge in [0.2, 0.25) is 0 Å². The van der Waals surface area contributed by atoms with Crippen molar-refractivity contribution >= 4 is 12.4 Å². The molecule has 0 bridgehead atoms. The van der Waals surface area contributed by atoms with Crippen LogP contribution >= 0.6 is 12.4 Å². The Morgan fingerprint density at radius 3 is 2.29 bits per heavy atom. The Kier molecular flexibility index (Phi) is 4.67. The maximum absolute atomic E-state index is 13.7. The van der Waals surface area contributed by atoms with Crippen molar-refractivity contribution in [2.45, 2.75) is 13.5 Å². The van der Waals surface area contributed by atoms with Crippen LogP contribution in [0.2, 0.25) is 0 Å². The van der Waals surface area contributed by atoms with E-state index in [9.17, 15) is 4.39 Å². The molecule has 2 N–H and O–H groups in total. The van der Waals surface area contributed by atoms with E-state index in [0.717, 1.165) is 16.7 Å². The number of hydrogen-bond acceptors (Lipinski definition) is 1. The first-order valence-electron chi connectivity index (χ1n) is 5.27. The number of benzene rings is 2. The van der Waals surface area contributed by atoms with Gasteiger partial charge in [-0.1, -0.05) is 36.4 Å². The Bertz CT molecular complexity index is 511. The minimum absolute atomic E-state index is 0. The molecule has 0 radical (unpaired) electrons. The predicted octanol–water partition coefficient (Wildman–Crippen LogP) is 3.68. The molecule has 0 saturated carbocycles. The lowest BCUT2D eigenvalue weighted by molar-refractivity contribution is 0.631. The van der Waals surface area contributed by atoms with Crippen LogP contribution in [0.5, 0.6) is 0 Å². The van der Waals surface area contributed by atoms with Gasteiger partial charge < -0.3 is 5.73 Å². The highest BCUT2D eigenvalue weighted by Gasteiger charge is 2.08. The zero-order valence-corrected chi connectivity index (χ0v) is 10.4. The first-order chi connectivity index (χ1) is 7.74. The van der Waals surface area contributed by atoms with Crippen LogP contribution in [0.25, 0.3) is 11.1 Å². The highest BCUT2D eigenvalue weighted by molar-refractivity contribution is 5.85. The second-order valence-electron chi connectivity index (χ2n) is 3.77. The first kappa shape index (κ1) is 13.7. The predicted molar refractivity (Wildman–Crippen MR) is 71.7 cm³/mol. The molecule has 0 atom stereocenters. The lowest BCUT2D eigenvalue weighted by atomic mass is 9.96. The summed E-state index contributed by atoms with van der Waals surface area (Å²) in [6.45, 7) is 2.46. The van der Waals surface area contributed by atoms with Gasteiger partial charge in [-0.05, 0) is 29.7 Å². The Balaban J connectivity index is 0.00000144. The minimum atomic E-state index is -0.195. The van der Waals surface area contributed by atoms with Crippen molar-refractivity contribution in [1.82, 2.24) is 0 Å². The first-order valence-corrected chi connectivity index (χ1v) is 5.27. The van der Waals surface area contributed by atoms with Gasteiger partial charge in [-0.3, -0.25) is 0 Å². The number of rotatable bonds is 2. The molecule has 90 valence electrons. The molecule has 0 aromatic heterocycles. The molecule has 0 spiro atoms. The Hall–Kier alpha value is -1.38. The van der Waals surface area contributed by atoms with Gasteiger partial charge in [0.15, 0.2) is 0 Å². The van der Waals surface area contributed by atoms with E-state index in [2.05, 4.69) is 0 Å². The third-order valence-electron chi connectivity index (χ3n) is 2.83. The molecule has 3 heteroatoms. The van der Waals surface area contributed by atoms with E-state index in [-0.39, 0.29) is 18.2 Å². The maximum Gasteiger partial charge on any atom is 0.131 e. The van der Waals surface area contributed by atoms with Crippen LogP contribution in [0.4, 0.5) is 4.39 Å². The summed E-state index contributed by atoms with van der Waals surface area (Å²) in [7, 11) is 0. The average Bonchev–Trinajstić information content (AvgIpc) is 2.31. The Labute approximate surface area is 107 Å². The molecule has 0 saturated heterocycles. The van der Waals surface area contributed by atoms with Crippen LogP contribution in [0, 0.1) is 12.7 Å². The molecule has 0 heterocycles. The lowest BCUT2D eigenvalue weighted by Crippen LogP contribution is -2.00. The van der Waals surface area contributed by atoms with Crippen LogP contribution in [-0.4, -0.2) is 0 Å². The summed E-state index contributed by atoms with van der Waals surface area (Å²) >= 11 is 0. The molecule has 0 amide bonds. The summed E-state index contributed by atoms with van der Waals surface area (Å²) in [4.78, 5) is 0. The molecule has 0 aliphatic heterocycles. The third-order valence-corrected chi connectivity index (χ3v) is 2.83. The van der Waals surface area contributed by atoms with E-state index in [0.29, 0.717) is 12.1 Å². The second-order valence-corrected chi connectivity index (χ2v) is 3.77. The van der Waals surface area contributed by atoms with Gasteiger partial charge in [-0.25, -0.2) is 4.39 Å². The monoisotopic (exact) mass is 251 g/mol. The van der Waals surface area contributed by atoms with Crippen LogP contribution < -0.4 is 5.73 Å². The Morgan fingerprint density at radius 1 is 1.00 bits per heavy atom. The average molecular weight is 252 g/mol. The van der Waals surface area contributed by atoms with Crippen LogP contribution in [0.15, 0.2) is 42.5 Å². The summed E-state index contributed by atoms with van der Waals surface area (Å²) in [5, 5.41) is 0. The zero-order valence-electron chi connectivity index (χ0n) is 9.61. The molecule has 0 unspecified atom stereocenters. The topological polar surface area (TPSA) is 26.0 Å². The van der Waals surface area contributed by atoms with E-state index in [1.54, 1.807) is 12.1 Å². The smallest absolute Gasteiger partial charge is 0.131 e. The zero-order chi connectivity index (χ0) is 11.5. The molecule has 1 nitrogen and oxygen atoms in total. The molecule has 2 aromatic rings. The Morgan fingerprint density at radius 2 is 1.65 bits per heavy atom. The third kappa shape index (κ3) is 2.65. The van der Waals surface area contributed by atoms with Crippen molar-refractivity contribution in [2.24, 2.45) is 5.73 Å². The SMILES string of the molecule is Cc1c(CN)cccc1-c1ccccc1F.Cl. The second kappa shape index (κ2) is 5.80. The van der Waals surface area contributed by atoms with Crippen LogP contribution in [-0.2, 0) is 6.54 Å². The van der Waals surface area contributed by atoms with Gasteiger partial charge in [-0.15, -0.1) is 12.4 Å². The van der Waals surface area contributed by atoms with Gasteiger partial charge >= 0.3 is 0 Å². The quantitative estimate of drug-likeness (QED) is 0.866. The molecule has 2 aromatic carbocycles. The fourth-order valence-electron chi connectivity index (χ4n) is 1.88. The normalized spacial score (nSPS) is 9.82. The van der Waals surface area contributed by atoms with E-state index in [1.165, 1.54) is 6.07 Å². The van der Waals surface area contributed by atoms with E-state index in [1.807, 2.05) is 31.2 Å². The summed E-state index contributed by atoms with van der Waals surface area (Å²) in [6, 6.07) is 12.6. The van der Waals surface area contributed by atoms with Gasteiger partial charge in [0, 0.05) is 12.1 Å². The fraction of sp³-hybridized carbons (Fsp3) is 0.143. The van der Waals surface area contributed by atoms with E-state index >= 15 is 0 Å². The molecule has 0 aliphatic carbocycles. The number of nitrogens with two attached hydrogens (primary N) is 1. The number of hydrogen-bond donors (Lipinski definition) is 1. The summed E-state index contributed by atoms with van der Waals surface area (Å²) in [5.41, 5.74) is 9.30.